The van der Waals surface area contributed by atoms with Crippen LogP contribution < -0.4 is 0 Å². The second-order valence-corrected chi connectivity index (χ2v) is 16.7. The van der Waals surface area contributed by atoms with Crippen LogP contribution in [0.25, 0.3) is 0 Å². The van der Waals surface area contributed by atoms with Crippen LogP contribution in [0.3, 0.4) is 0 Å². The molecule has 0 spiro atoms. The van der Waals surface area contributed by atoms with Crippen molar-refractivity contribution in [2.24, 2.45) is 23.2 Å². The van der Waals surface area contributed by atoms with E-state index < -0.39 is 35.0 Å². The molecule has 314 valence electrons. The van der Waals surface area contributed by atoms with Gasteiger partial charge in [0.25, 0.3) is 0 Å². The Morgan fingerprint density at radius 2 is 1.08 bits per heavy atom. The molecule has 0 amide bonds. The topological polar surface area (TPSA) is 92.3 Å². The number of hydrogen-bond acceptors (Lipinski definition) is 10. The van der Waals surface area contributed by atoms with Crippen LogP contribution in [0.2, 0.25) is 0 Å². The Hall–Kier alpha value is -0.400. The summed E-state index contributed by atoms with van der Waals surface area (Å²) in [5.41, 5.74) is -2.68. The molecule has 10 heteroatoms. The van der Waals surface area contributed by atoms with E-state index in [4.69, 9.17) is 47.7 Å². The minimum atomic E-state index is -2.10. The zero-order valence-electron chi connectivity index (χ0n) is 37.1. The molecule has 0 aromatic rings. The first-order valence-electron chi connectivity index (χ1n) is 20.9. The molecule has 0 heterocycles. The molecule has 0 bridgehead atoms. The molecule has 0 N–H and O–H groups in total. The highest BCUT2D eigenvalue weighted by Crippen LogP contribution is 2.59. The lowest BCUT2D eigenvalue weighted by Crippen LogP contribution is -2.78. The number of rotatable bonds is 33. The highest BCUT2D eigenvalue weighted by Gasteiger charge is 2.81. The van der Waals surface area contributed by atoms with E-state index in [1.807, 2.05) is 55.4 Å². The molecule has 0 radical (unpaired) electrons. The monoisotopic (exact) mass is 751 g/mol. The van der Waals surface area contributed by atoms with E-state index in [9.17, 15) is 0 Å². The van der Waals surface area contributed by atoms with Crippen molar-refractivity contribution >= 4 is 0 Å². The Balaban J connectivity index is 8.90. The third-order valence-electron chi connectivity index (χ3n) is 8.74. The van der Waals surface area contributed by atoms with Gasteiger partial charge in [-0.05, 0) is 98.3 Å². The standard InChI is InChI=1S/C42H86O10/c1-18-23-25-29-45-41(46-30-26-33(6)7,52-48-32-36(12)21-4)39(17,40(43-27-20-3,49-35(10)11)44-28-24-19-2)42(47-31-34(8)9,50-37(13)22-5)51-38(14,15)16/h33-37H,18-32H2,1-17H3. The molecule has 0 aliphatic carbocycles. The van der Waals surface area contributed by atoms with Gasteiger partial charge in [0.1, 0.15) is 0 Å². The van der Waals surface area contributed by atoms with Crippen molar-refractivity contribution in [3.05, 3.63) is 0 Å². The van der Waals surface area contributed by atoms with Crippen LogP contribution in [0.1, 0.15) is 175 Å². The molecule has 6 unspecified atom stereocenters. The summed E-state index contributed by atoms with van der Waals surface area (Å²) in [7, 11) is 0. The number of ether oxygens (including phenoxy) is 8. The first-order valence-corrected chi connectivity index (χ1v) is 20.9. The fourth-order valence-corrected chi connectivity index (χ4v) is 5.25. The van der Waals surface area contributed by atoms with Gasteiger partial charge in [0.15, 0.2) is 0 Å². The summed E-state index contributed by atoms with van der Waals surface area (Å²) in [5, 5.41) is 0. The SMILES string of the molecule is CCCCCOC(OCCC(C)C)(OOCC(C)CC)C(C)(C(OCCC)(OCCCC)OC(C)C)C(OCC(C)C)(OC(C)CC)OC(C)(C)C. The number of unbranched alkanes of at least 4 members (excludes halogenated alkanes) is 3. The summed E-state index contributed by atoms with van der Waals surface area (Å²) in [6, 6.07) is 0. The zero-order valence-corrected chi connectivity index (χ0v) is 37.1. The summed E-state index contributed by atoms with van der Waals surface area (Å²) >= 11 is 0. The molecular weight excluding hydrogens is 664 g/mol. The molecule has 0 rings (SSSR count). The normalized spacial score (nSPS) is 18.7. The fourth-order valence-electron chi connectivity index (χ4n) is 5.25. The Kier molecular flexibility index (Phi) is 25.5. The molecule has 0 aliphatic rings. The minimum absolute atomic E-state index is 0.0926. The van der Waals surface area contributed by atoms with Crippen molar-refractivity contribution < 1.29 is 47.7 Å². The van der Waals surface area contributed by atoms with E-state index in [-0.39, 0.29) is 51.0 Å². The van der Waals surface area contributed by atoms with E-state index >= 15 is 0 Å². The molecule has 0 aromatic heterocycles. The van der Waals surface area contributed by atoms with Crippen LogP contribution in [0, 0.1) is 23.2 Å². The van der Waals surface area contributed by atoms with Crippen molar-refractivity contribution in [3.8, 4) is 0 Å². The van der Waals surface area contributed by atoms with Gasteiger partial charge < -0.3 is 37.9 Å². The van der Waals surface area contributed by atoms with Crippen LogP contribution >= 0.6 is 0 Å². The van der Waals surface area contributed by atoms with Crippen LogP contribution in [-0.2, 0) is 47.7 Å². The van der Waals surface area contributed by atoms with Crippen molar-refractivity contribution in [2.75, 3.05) is 39.6 Å². The lowest BCUT2D eigenvalue weighted by Gasteiger charge is -2.60. The summed E-state index contributed by atoms with van der Waals surface area (Å²) in [6.07, 6.45) is 6.49. The average Bonchev–Trinajstić information content (AvgIpc) is 3.05. The quantitative estimate of drug-likeness (QED) is 0.0279. The van der Waals surface area contributed by atoms with Crippen LogP contribution in [0.4, 0.5) is 0 Å². The largest absolute Gasteiger partial charge is 0.333 e. The summed E-state index contributed by atoms with van der Waals surface area (Å²) in [6.45, 7) is 36.5. The molecule has 6 atom stereocenters. The Morgan fingerprint density at radius 1 is 0.500 bits per heavy atom. The van der Waals surface area contributed by atoms with E-state index in [1.165, 1.54) is 0 Å². The summed E-state index contributed by atoms with van der Waals surface area (Å²) in [5.74, 6) is -5.48. The second-order valence-electron chi connectivity index (χ2n) is 16.7. The van der Waals surface area contributed by atoms with Gasteiger partial charge in [0.05, 0.1) is 57.5 Å². The van der Waals surface area contributed by atoms with Gasteiger partial charge in [-0.15, -0.1) is 0 Å². The highest BCUT2D eigenvalue weighted by molar-refractivity contribution is 5.03. The number of hydrogen-bond donors (Lipinski definition) is 0. The van der Waals surface area contributed by atoms with Gasteiger partial charge in [0, 0.05) is 0 Å². The predicted octanol–water partition coefficient (Wildman–Crippen LogP) is 11.2. The Bertz CT molecular complexity index is 879. The lowest BCUT2D eigenvalue weighted by atomic mass is 9.78. The van der Waals surface area contributed by atoms with Gasteiger partial charge in [-0.1, -0.05) is 94.9 Å². The van der Waals surface area contributed by atoms with Gasteiger partial charge in [-0.25, -0.2) is 4.89 Å². The molecule has 0 saturated carbocycles. The van der Waals surface area contributed by atoms with E-state index in [1.54, 1.807) is 0 Å². The lowest BCUT2D eigenvalue weighted by molar-refractivity contribution is -0.639. The van der Waals surface area contributed by atoms with Crippen LogP contribution in [-0.4, -0.2) is 75.4 Å². The third-order valence-corrected chi connectivity index (χ3v) is 8.74. The molecule has 0 aromatic carbocycles. The highest BCUT2D eigenvalue weighted by atomic mass is 17.3. The van der Waals surface area contributed by atoms with E-state index in [0.717, 1.165) is 38.5 Å². The maximum Gasteiger partial charge on any atom is 0.333 e. The molecule has 0 saturated heterocycles. The second kappa shape index (κ2) is 25.7. The van der Waals surface area contributed by atoms with Crippen molar-refractivity contribution in [1.82, 2.24) is 0 Å². The Labute approximate surface area is 321 Å². The molecular formula is C42H86O10. The van der Waals surface area contributed by atoms with Crippen LogP contribution in [0.5, 0.6) is 0 Å². The molecule has 0 fully saturated rings. The average molecular weight is 751 g/mol. The first kappa shape index (κ1) is 51.6. The molecule has 52 heavy (non-hydrogen) atoms. The smallest absolute Gasteiger partial charge is 0.327 e. The van der Waals surface area contributed by atoms with Crippen molar-refractivity contribution in [2.45, 2.75) is 211 Å². The van der Waals surface area contributed by atoms with Gasteiger partial charge >= 0.3 is 17.9 Å². The van der Waals surface area contributed by atoms with Gasteiger partial charge in [-0.3, -0.25) is 0 Å². The van der Waals surface area contributed by atoms with E-state index in [0.29, 0.717) is 31.8 Å². The zero-order chi connectivity index (χ0) is 40.1. The maximum atomic E-state index is 7.22. The molecule has 0 aliphatic heterocycles. The minimum Gasteiger partial charge on any atom is -0.327 e. The maximum absolute atomic E-state index is 7.22. The van der Waals surface area contributed by atoms with E-state index in [2.05, 4.69) is 62.3 Å². The van der Waals surface area contributed by atoms with Gasteiger partial charge in [0.2, 0.25) is 5.41 Å². The third kappa shape index (κ3) is 16.4. The fraction of sp³-hybridized carbons (Fsp3) is 1.00. The van der Waals surface area contributed by atoms with Crippen LogP contribution in [0.15, 0.2) is 0 Å². The summed E-state index contributed by atoms with van der Waals surface area (Å²) < 4.78 is 56.7. The van der Waals surface area contributed by atoms with Gasteiger partial charge in [-0.2, -0.15) is 4.89 Å². The Morgan fingerprint density at radius 3 is 1.58 bits per heavy atom. The molecule has 10 nitrogen and oxygen atoms in total. The summed E-state index contributed by atoms with van der Waals surface area (Å²) in [4.78, 5) is 13.0. The first-order chi connectivity index (χ1) is 24.3. The van der Waals surface area contributed by atoms with Crippen molar-refractivity contribution in [1.29, 1.82) is 0 Å². The van der Waals surface area contributed by atoms with Crippen molar-refractivity contribution in [3.63, 3.8) is 0 Å². The predicted molar refractivity (Wildman–Crippen MR) is 209 cm³/mol.